The Morgan fingerprint density at radius 2 is 2.10 bits per heavy atom. The van der Waals surface area contributed by atoms with Gasteiger partial charge < -0.3 is 15.2 Å². The van der Waals surface area contributed by atoms with Crippen LogP contribution in [0.5, 0.6) is 5.75 Å². The average molecular weight is 291 g/mol. The molecule has 4 nitrogen and oxygen atoms in total. The molecule has 20 heavy (non-hydrogen) atoms. The third kappa shape index (κ3) is 3.11. The number of thiophene rings is 1. The van der Waals surface area contributed by atoms with Gasteiger partial charge >= 0.3 is 5.97 Å². The molecule has 0 fully saturated rings. The average Bonchev–Trinajstić information content (AvgIpc) is 2.80. The molecule has 2 N–H and O–H groups in total. The van der Waals surface area contributed by atoms with Crippen LogP contribution in [0.25, 0.3) is 0 Å². The van der Waals surface area contributed by atoms with Crippen LogP contribution >= 0.6 is 11.3 Å². The van der Waals surface area contributed by atoms with Crippen LogP contribution in [0.15, 0.2) is 30.3 Å². The Morgan fingerprint density at radius 1 is 1.35 bits per heavy atom. The Kier molecular flexibility index (Phi) is 4.63. The Bertz CT molecular complexity index is 607. The quantitative estimate of drug-likeness (QED) is 0.860. The zero-order valence-electron chi connectivity index (χ0n) is 11.5. The van der Waals surface area contributed by atoms with Gasteiger partial charge in [0.15, 0.2) is 0 Å². The number of hydrogen-bond donors (Lipinski definition) is 1. The molecule has 0 unspecified atom stereocenters. The minimum absolute atomic E-state index is 0.343. The van der Waals surface area contributed by atoms with Gasteiger partial charge in [-0.3, -0.25) is 0 Å². The van der Waals surface area contributed by atoms with Crippen LogP contribution in [0.3, 0.4) is 0 Å². The van der Waals surface area contributed by atoms with Crippen molar-refractivity contribution in [1.29, 1.82) is 0 Å². The van der Waals surface area contributed by atoms with Crippen molar-refractivity contribution in [3.05, 3.63) is 46.3 Å². The Hall–Kier alpha value is -2.01. The normalized spacial score (nSPS) is 10.3. The van der Waals surface area contributed by atoms with Crippen molar-refractivity contribution in [2.75, 3.05) is 19.5 Å². The largest absolute Gasteiger partial charge is 0.496 e. The van der Waals surface area contributed by atoms with E-state index in [1.54, 1.807) is 20.1 Å². The summed E-state index contributed by atoms with van der Waals surface area (Å²) < 4.78 is 10.3. The minimum atomic E-state index is -0.368. The molecule has 2 rings (SSSR count). The molecule has 106 valence electrons. The van der Waals surface area contributed by atoms with Crippen LogP contribution in [0.4, 0.5) is 5.00 Å². The van der Waals surface area contributed by atoms with Crippen LogP contribution in [0, 0.1) is 0 Å². The first-order valence-electron chi connectivity index (χ1n) is 6.33. The summed E-state index contributed by atoms with van der Waals surface area (Å²) in [4.78, 5) is 12.7. The molecule has 0 saturated carbocycles. The van der Waals surface area contributed by atoms with E-state index in [-0.39, 0.29) is 5.97 Å². The van der Waals surface area contributed by atoms with E-state index in [4.69, 9.17) is 15.2 Å². The molecule has 0 radical (unpaired) electrons. The molecule has 0 bridgehead atoms. The highest BCUT2D eigenvalue weighted by molar-refractivity contribution is 7.16. The summed E-state index contributed by atoms with van der Waals surface area (Å²) in [5, 5.41) is 0.494. The molecule has 0 aliphatic rings. The van der Waals surface area contributed by atoms with Crippen molar-refractivity contribution < 1.29 is 14.3 Å². The van der Waals surface area contributed by atoms with E-state index in [0.29, 0.717) is 23.6 Å². The van der Waals surface area contributed by atoms with Crippen molar-refractivity contribution in [2.45, 2.75) is 13.3 Å². The van der Waals surface area contributed by atoms with Crippen LogP contribution in [0.1, 0.15) is 27.7 Å². The summed E-state index contributed by atoms with van der Waals surface area (Å²) in [6, 6.07) is 9.60. The predicted molar refractivity (Wildman–Crippen MR) is 80.5 cm³/mol. The summed E-state index contributed by atoms with van der Waals surface area (Å²) in [5.41, 5.74) is 7.39. The van der Waals surface area contributed by atoms with E-state index in [9.17, 15) is 4.79 Å². The van der Waals surface area contributed by atoms with Crippen LogP contribution in [-0.2, 0) is 11.2 Å². The summed E-state index contributed by atoms with van der Waals surface area (Å²) in [6.45, 7) is 2.12. The van der Waals surface area contributed by atoms with E-state index in [1.807, 2.05) is 24.3 Å². The van der Waals surface area contributed by atoms with E-state index >= 15 is 0 Å². The zero-order chi connectivity index (χ0) is 14.5. The Labute approximate surface area is 122 Å². The number of nitrogens with two attached hydrogens (primary N) is 1. The number of anilines is 1. The monoisotopic (exact) mass is 291 g/mol. The lowest BCUT2D eigenvalue weighted by atomic mass is 10.1. The van der Waals surface area contributed by atoms with Gasteiger partial charge in [-0.15, -0.1) is 11.3 Å². The topological polar surface area (TPSA) is 61.5 Å². The second-order valence-corrected chi connectivity index (χ2v) is 5.37. The van der Waals surface area contributed by atoms with Crippen molar-refractivity contribution in [1.82, 2.24) is 0 Å². The maximum atomic E-state index is 11.7. The number of nitrogen functional groups attached to an aromatic ring is 1. The lowest BCUT2D eigenvalue weighted by molar-refractivity contribution is 0.0528. The molecule has 0 atom stereocenters. The lowest BCUT2D eigenvalue weighted by Crippen LogP contribution is -2.05. The van der Waals surface area contributed by atoms with Gasteiger partial charge in [0.2, 0.25) is 0 Å². The van der Waals surface area contributed by atoms with Crippen molar-refractivity contribution in [3.63, 3.8) is 0 Å². The lowest BCUT2D eigenvalue weighted by Gasteiger charge is -2.06. The molecule has 1 heterocycles. The van der Waals surface area contributed by atoms with Crippen LogP contribution in [-0.4, -0.2) is 19.7 Å². The Morgan fingerprint density at radius 3 is 2.80 bits per heavy atom. The maximum Gasteiger partial charge on any atom is 0.341 e. The van der Waals surface area contributed by atoms with Crippen molar-refractivity contribution in [2.24, 2.45) is 0 Å². The van der Waals surface area contributed by atoms with Crippen molar-refractivity contribution >= 4 is 22.3 Å². The van der Waals surface area contributed by atoms with Gasteiger partial charge in [-0.1, -0.05) is 18.2 Å². The third-order valence-electron chi connectivity index (χ3n) is 2.86. The first-order chi connectivity index (χ1) is 9.65. The van der Waals surface area contributed by atoms with Crippen molar-refractivity contribution in [3.8, 4) is 5.75 Å². The molecule has 1 aromatic heterocycles. The van der Waals surface area contributed by atoms with Gasteiger partial charge in [0.05, 0.1) is 19.3 Å². The number of ether oxygens (including phenoxy) is 2. The second-order valence-electron chi connectivity index (χ2n) is 4.20. The zero-order valence-corrected chi connectivity index (χ0v) is 12.3. The number of hydrogen-bond acceptors (Lipinski definition) is 5. The van der Waals surface area contributed by atoms with Gasteiger partial charge in [-0.25, -0.2) is 4.79 Å². The highest BCUT2D eigenvalue weighted by Gasteiger charge is 2.16. The third-order valence-corrected chi connectivity index (χ3v) is 3.83. The van der Waals surface area contributed by atoms with Gasteiger partial charge in [0, 0.05) is 11.3 Å². The summed E-state index contributed by atoms with van der Waals surface area (Å²) in [5.74, 6) is 0.463. The molecule has 0 aliphatic carbocycles. The van der Waals surface area contributed by atoms with Gasteiger partial charge in [-0.05, 0) is 24.6 Å². The number of para-hydroxylation sites is 1. The van der Waals surface area contributed by atoms with Gasteiger partial charge in [-0.2, -0.15) is 0 Å². The van der Waals surface area contributed by atoms with E-state index in [2.05, 4.69) is 0 Å². The molecule has 0 spiro atoms. The molecule has 0 saturated heterocycles. The number of benzene rings is 1. The molecule has 1 aromatic carbocycles. The molecule has 0 aliphatic heterocycles. The summed E-state index contributed by atoms with van der Waals surface area (Å²) in [7, 11) is 1.64. The number of rotatable bonds is 5. The molecule has 2 aromatic rings. The van der Waals surface area contributed by atoms with E-state index in [1.165, 1.54) is 11.3 Å². The Balaban J connectivity index is 2.22. The fourth-order valence-electron chi connectivity index (χ4n) is 1.95. The van der Waals surface area contributed by atoms with E-state index < -0.39 is 0 Å². The predicted octanol–water partition coefficient (Wildman–Crippen LogP) is 3.11. The molecule has 0 amide bonds. The smallest absolute Gasteiger partial charge is 0.341 e. The SMILES string of the molecule is CCOC(=O)c1cc(Cc2ccccc2OC)sc1N. The summed E-state index contributed by atoms with van der Waals surface area (Å²) >= 11 is 1.40. The fourth-order valence-corrected chi connectivity index (χ4v) is 2.89. The first kappa shape index (κ1) is 14.4. The van der Waals surface area contributed by atoms with E-state index in [0.717, 1.165) is 16.2 Å². The highest BCUT2D eigenvalue weighted by Crippen LogP contribution is 2.30. The highest BCUT2D eigenvalue weighted by atomic mass is 32.1. The number of esters is 1. The molecular formula is C15H17NO3S. The van der Waals surface area contributed by atoms with Gasteiger partial charge in [0.1, 0.15) is 10.8 Å². The standard InChI is InChI=1S/C15H17NO3S/c1-3-19-15(17)12-9-11(20-14(12)16)8-10-6-4-5-7-13(10)18-2/h4-7,9H,3,8,16H2,1-2H3. The number of carbonyl (C=O) groups is 1. The fraction of sp³-hybridized carbons (Fsp3) is 0.267. The summed E-state index contributed by atoms with van der Waals surface area (Å²) in [6.07, 6.45) is 0.679. The minimum Gasteiger partial charge on any atom is -0.496 e. The molecular weight excluding hydrogens is 274 g/mol. The number of carbonyl (C=O) groups excluding carboxylic acids is 1. The van der Waals surface area contributed by atoms with Gasteiger partial charge in [0.25, 0.3) is 0 Å². The molecule has 5 heteroatoms. The van der Waals surface area contributed by atoms with Crippen LogP contribution in [0.2, 0.25) is 0 Å². The second kappa shape index (κ2) is 6.43. The number of methoxy groups -OCH3 is 1. The maximum absolute atomic E-state index is 11.7. The first-order valence-corrected chi connectivity index (χ1v) is 7.14. The van der Waals surface area contributed by atoms with Crippen LogP contribution < -0.4 is 10.5 Å².